The number of nitrogens with two attached hydrogens (primary N) is 1. The van der Waals surface area contributed by atoms with Crippen LogP contribution in [0.5, 0.6) is 0 Å². The van der Waals surface area contributed by atoms with Gasteiger partial charge in [0.2, 0.25) is 0 Å². The van der Waals surface area contributed by atoms with Gasteiger partial charge in [0.25, 0.3) is 0 Å². The second kappa shape index (κ2) is 3.70. The quantitative estimate of drug-likeness (QED) is 0.715. The summed E-state index contributed by atoms with van der Waals surface area (Å²) >= 11 is 0. The first-order valence-corrected chi connectivity index (χ1v) is 5.02. The molecule has 0 amide bonds. The first kappa shape index (κ1) is 9.07. The third kappa shape index (κ3) is 1.46. The molecule has 0 radical (unpaired) electrons. The highest BCUT2D eigenvalue weighted by Gasteiger charge is 2.11. The molecule has 0 aromatic heterocycles. The van der Waals surface area contributed by atoms with E-state index in [0.29, 0.717) is 0 Å². The number of hydrogen-bond acceptors (Lipinski definition) is 1. The highest BCUT2D eigenvalue weighted by atomic mass is 14.6. The van der Waals surface area contributed by atoms with Gasteiger partial charge < -0.3 is 5.73 Å². The smallest absolute Gasteiger partial charge is 0.0422 e. The van der Waals surface area contributed by atoms with Gasteiger partial charge in [0, 0.05) is 11.3 Å². The summed E-state index contributed by atoms with van der Waals surface area (Å²) in [7, 11) is 0. The lowest BCUT2D eigenvalue weighted by Gasteiger charge is -2.07. The third-order valence-corrected chi connectivity index (χ3v) is 2.79. The molecule has 0 saturated carbocycles. The maximum absolute atomic E-state index is 6.11. The van der Waals surface area contributed by atoms with E-state index in [-0.39, 0.29) is 0 Å². The molecule has 0 heterocycles. The highest BCUT2D eigenvalue weighted by molar-refractivity contribution is 5.71. The van der Waals surface area contributed by atoms with Crippen LogP contribution in [0.3, 0.4) is 0 Å². The zero-order valence-corrected chi connectivity index (χ0v) is 8.29. The fraction of sp³-hybridized carbons (Fsp3) is 0.231. The average Bonchev–Trinajstić information content (AvgIpc) is 2.39. The normalized spacial score (nSPS) is 16.0. The van der Waals surface area contributed by atoms with Crippen LogP contribution in [0.4, 0.5) is 0 Å². The van der Waals surface area contributed by atoms with Crippen molar-refractivity contribution in [2.45, 2.75) is 19.3 Å². The molecular weight excluding hydrogens is 170 g/mol. The Morgan fingerprint density at radius 1 is 1.21 bits per heavy atom. The molecule has 2 N–H and O–H groups in total. The van der Waals surface area contributed by atoms with Crippen LogP contribution in [0.2, 0.25) is 0 Å². The van der Waals surface area contributed by atoms with Crippen molar-refractivity contribution in [1.82, 2.24) is 0 Å². The van der Waals surface area contributed by atoms with Crippen LogP contribution in [-0.4, -0.2) is 0 Å². The van der Waals surface area contributed by atoms with E-state index in [1.807, 2.05) is 12.1 Å². The molecule has 1 nitrogen and oxygen atoms in total. The second-order valence-electron chi connectivity index (χ2n) is 3.65. The Bertz CT molecular complexity index is 388. The summed E-state index contributed by atoms with van der Waals surface area (Å²) < 4.78 is 0. The Balaban J connectivity index is 2.57. The van der Waals surface area contributed by atoms with E-state index in [9.17, 15) is 0 Å². The maximum atomic E-state index is 6.11. The summed E-state index contributed by atoms with van der Waals surface area (Å²) in [6.07, 6.45) is 5.22. The number of rotatable bonds is 1. The van der Waals surface area contributed by atoms with Gasteiger partial charge in [-0.3, -0.25) is 0 Å². The van der Waals surface area contributed by atoms with Crippen LogP contribution in [0, 0.1) is 0 Å². The minimum Gasteiger partial charge on any atom is -0.398 e. The zero-order chi connectivity index (χ0) is 9.97. The standard InChI is InChI=1S/C13H15N/c1-2-10-7-5-8-11-6-3-4-9-12(11)13(10)14/h2-4,6,9H,1,5,7-8,14H2. The van der Waals surface area contributed by atoms with Gasteiger partial charge in [0.05, 0.1) is 0 Å². The summed E-state index contributed by atoms with van der Waals surface area (Å²) in [5.41, 5.74) is 10.8. The van der Waals surface area contributed by atoms with Gasteiger partial charge in [-0.15, -0.1) is 0 Å². The molecule has 72 valence electrons. The van der Waals surface area contributed by atoms with Crippen LogP contribution in [-0.2, 0) is 6.42 Å². The highest BCUT2D eigenvalue weighted by Crippen LogP contribution is 2.27. The fourth-order valence-electron chi connectivity index (χ4n) is 1.99. The molecule has 1 aromatic carbocycles. The maximum Gasteiger partial charge on any atom is 0.0422 e. The van der Waals surface area contributed by atoms with E-state index in [1.165, 1.54) is 23.1 Å². The minimum atomic E-state index is 0.910. The number of allylic oxidation sites excluding steroid dienone is 2. The molecule has 0 bridgehead atoms. The van der Waals surface area contributed by atoms with E-state index in [1.54, 1.807) is 0 Å². The predicted octanol–water partition coefficient (Wildman–Crippen LogP) is 2.88. The number of benzene rings is 1. The molecule has 1 heteroatoms. The van der Waals surface area contributed by atoms with Gasteiger partial charge in [0.1, 0.15) is 0 Å². The Morgan fingerprint density at radius 3 is 2.79 bits per heavy atom. The number of fused-ring (bicyclic) bond motifs is 1. The van der Waals surface area contributed by atoms with Crippen LogP contribution in [0.15, 0.2) is 42.5 Å². The SMILES string of the molecule is C=CC1=C(N)c2ccccc2CCC1. The second-order valence-corrected chi connectivity index (χ2v) is 3.65. The minimum absolute atomic E-state index is 0.910. The first-order valence-electron chi connectivity index (χ1n) is 5.02. The van der Waals surface area contributed by atoms with Crippen LogP contribution >= 0.6 is 0 Å². The molecule has 0 atom stereocenters. The van der Waals surface area contributed by atoms with E-state index < -0.39 is 0 Å². The Labute approximate surface area is 84.9 Å². The molecule has 0 aliphatic heterocycles. The number of aryl methyl sites for hydroxylation is 1. The summed E-state index contributed by atoms with van der Waals surface area (Å²) in [4.78, 5) is 0. The molecule has 0 spiro atoms. The van der Waals surface area contributed by atoms with Gasteiger partial charge in [-0.05, 0) is 30.4 Å². The van der Waals surface area contributed by atoms with Crippen molar-refractivity contribution in [1.29, 1.82) is 0 Å². The summed E-state index contributed by atoms with van der Waals surface area (Å²) in [5, 5.41) is 0. The lowest BCUT2D eigenvalue weighted by Crippen LogP contribution is -2.00. The fourth-order valence-corrected chi connectivity index (χ4v) is 1.99. The molecule has 1 aliphatic carbocycles. The topological polar surface area (TPSA) is 26.0 Å². The summed E-state index contributed by atoms with van der Waals surface area (Å²) in [6, 6.07) is 8.37. The van der Waals surface area contributed by atoms with E-state index in [0.717, 1.165) is 18.5 Å². The van der Waals surface area contributed by atoms with E-state index in [4.69, 9.17) is 5.73 Å². The van der Waals surface area contributed by atoms with Gasteiger partial charge in [-0.25, -0.2) is 0 Å². The number of hydrogen-bond donors (Lipinski definition) is 1. The molecule has 0 saturated heterocycles. The largest absolute Gasteiger partial charge is 0.398 e. The van der Waals surface area contributed by atoms with Gasteiger partial charge >= 0.3 is 0 Å². The van der Waals surface area contributed by atoms with Crippen LogP contribution in [0.1, 0.15) is 24.0 Å². The van der Waals surface area contributed by atoms with Crippen molar-refractivity contribution in [2.24, 2.45) is 5.73 Å². The Hall–Kier alpha value is -1.50. The predicted molar refractivity (Wildman–Crippen MR) is 60.7 cm³/mol. The lowest BCUT2D eigenvalue weighted by atomic mass is 10.0. The average molecular weight is 185 g/mol. The van der Waals surface area contributed by atoms with Crippen LogP contribution < -0.4 is 5.73 Å². The van der Waals surface area contributed by atoms with Gasteiger partial charge in [0.15, 0.2) is 0 Å². The molecule has 14 heavy (non-hydrogen) atoms. The van der Waals surface area contributed by atoms with Crippen molar-refractivity contribution in [3.63, 3.8) is 0 Å². The monoisotopic (exact) mass is 185 g/mol. The van der Waals surface area contributed by atoms with E-state index >= 15 is 0 Å². The van der Waals surface area contributed by atoms with Crippen molar-refractivity contribution >= 4 is 5.70 Å². The van der Waals surface area contributed by atoms with Gasteiger partial charge in [-0.1, -0.05) is 36.9 Å². The van der Waals surface area contributed by atoms with Crippen molar-refractivity contribution < 1.29 is 0 Å². The molecule has 1 aliphatic rings. The molecule has 1 aromatic rings. The molecule has 0 fully saturated rings. The lowest BCUT2D eigenvalue weighted by molar-refractivity contribution is 0.834. The molecule has 2 rings (SSSR count). The van der Waals surface area contributed by atoms with Gasteiger partial charge in [-0.2, -0.15) is 0 Å². The summed E-state index contributed by atoms with van der Waals surface area (Å²) in [5.74, 6) is 0. The van der Waals surface area contributed by atoms with Crippen molar-refractivity contribution in [3.8, 4) is 0 Å². The van der Waals surface area contributed by atoms with Crippen molar-refractivity contribution in [3.05, 3.63) is 53.6 Å². The molecule has 0 unspecified atom stereocenters. The van der Waals surface area contributed by atoms with Crippen LogP contribution in [0.25, 0.3) is 5.70 Å². The van der Waals surface area contributed by atoms with E-state index in [2.05, 4.69) is 24.8 Å². The Morgan fingerprint density at radius 2 is 2.00 bits per heavy atom. The summed E-state index contributed by atoms with van der Waals surface area (Å²) in [6.45, 7) is 3.81. The Kier molecular flexibility index (Phi) is 2.40. The zero-order valence-electron chi connectivity index (χ0n) is 8.29. The van der Waals surface area contributed by atoms with Crippen molar-refractivity contribution in [2.75, 3.05) is 0 Å². The molecular formula is C13H15N. The first-order chi connectivity index (χ1) is 6.83. The third-order valence-electron chi connectivity index (χ3n) is 2.79.